The zero-order valence-electron chi connectivity index (χ0n) is 10.1. The van der Waals surface area contributed by atoms with Crippen molar-refractivity contribution in [3.05, 3.63) is 29.3 Å². The molecule has 0 aliphatic carbocycles. The SMILES string of the molecule is O=C(O)COCCNC(=O)COc1ccc(Cl)cc1. The van der Waals surface area contributed by atoms with Crippen LogP contribution in [0.1, 0.15) is 0 Å². The summed E-state index contributed by atoms with van der Waals surface area (Å²) in [4.78, 5) is 21.5. The molecule has 0 aliphatic heterocycles. The predicted molar refractivity (Wildman–Crippen MR) is 68.4 cm³/mol. The van der Waals surface area contributed by atoms with Crippen molar-refractivity contribution in [2.45, 2.75) is 0 Å². The molecule has 19 heavy (non-hydrogen) atoms. The Kier molecular flexibility index (Phi) is 6.70. The number of amides is 1. The Balaban J connectivity index is 2.11. The van der Waals surface area contributed by atoms with Crippen molar-refractivity contribution in [1.82, 2.24) is 5.32 Å². The molecule has 1 aromatic carbocycles. The lowest BCUT2D eigenvalue weighted by Crippen LogP contribution is -2.32. The molecule has 2 N–H and O–H groups in total. The van der Waals surface area contributed by atoms with Gasteiger partial charge in [-0.3, -0.25) is 4.79 Å². The fourth-order valence-electron chi connectivity index (χ4n) is 1.15. The van der Waals surface area contributed by atoms with E-state index in [1.54, 1.807) is 24.3 Å². The van der Waals surface area contributed by atoms with Crippen molar-refractivity contribution in [2.24, 2.45) is 0 Å². The number of aliphatic carboxylic acids is 1. The molecular formula is C12H14ClNO5. The quantitative estimate of drug-likeness (QED) is 0.695. The molecular weight excluding hydrogens is 274 g/mol. The Morgan fingerprint density at radius 3 is 2.53 bits per heavy atom. The van der Waals surface area contributed by atoms with Gasteiger partial charge in [0.25, 0.3) is 5.91 Å². The third kappa shape index (κ3) is 7.28. The normalized spacial score (nSPS) is 9.95. The maximum absolute atomic E-state index is 11.3. The van der Waals surface area contributed by atoms with Crippen molar-refractivity contribution in [3.8, 4) is 5.75 Å². The summed E-state index contributed by atoms with van der Waals surface area (Å²) in [6, 6.07) is 6.64. The van der Waals surface area contributed by atoms with Crippen LogP contribution >= 0.6 is 11.6 Å². The molecule has 1 aromatic rings. The van der Waals surface area contributed by atoms with E-state index in [-0.39, 0.29) is 32.3 Å². The van der Waals surface area contributed by atoms with Gasteiger partial charge in [0.2, 0.25) is 0 Å². The van der Waals surface area contributed by atoms with Gasteiger partial charge < -0.3 is 19.9 Å². The first-order valence-corrected chi connectivity index (χ1v) is 5.90. The van der Waals surface area contributed by atoms with E-state index in [1.165, 1.54) is 0 Å². The second-order valence-corrected chi connectivity index (χ2v) is 3.98. The van der Waals surface area contributed by atoms with Gasteiger partial charge in [0.05, 0.1) is 6.61 Å². The topological polar surface area (TPSA) is 84.9 Å². The highest BCUT2D eigenvalue weighted by Crippen LogP contribution is 2.15. The van der Waals surface area contributed by atoms with E-state index in [2.05, 4.69) is 5.32 Å². The lowest BCUT2D eigenvalue weighted by molar-refractivity contribution is -0.142. The predicted octanol–water partition coefficient (Wildman–Crippen LogP) is 0.936. The number of benzene rings is 1. The van der Waals surface area contributed by atoms with E-state index in [9.17, 15) is 9.59 Å². The highest BCUT2D eigenvalue weighted by Gasteiger charge is 2.02. The third-order valence-corrected chi connectivity index (χ3v) is 2.23. The number of carbonyl (C=O) groups excluding carboxylic acids is 1. The monoisotopic (exact) mass is 287 g/mol. The Bertz CT molecular complexity index is 421. The number of halogens is 1. The average Bonchev–Trinajstić information content (AvgIpc) is 2.37. The van der Waals surface area contributed by atoms with E-state index in [0.717, 1.165) is 0 Å². The fourth-order valence-corrected chi connectivity index (χ4v) is 1.28. The van der Waals surface area contributed by atoms with Crippen LogP contribution in [0, 0.1) is 0 Å². The zero-order valence-corrected chi connectivity index (χ0v) is 10.9. The summed E-state index contributed by atoms with van der Waals surface area (Å²) in [5, 5.41) is 11.4. The van der Waals surface area contributed by atoms with Gasteiger partial charge >= 0.3 is 5.97 Å². The molecule has 0 aliphatic rings. The third-order valence-electron chi connectivity index (χ3n) is 1.98. The minimum atomic E-state index is -1.04. The van der Waals surface area contributed by atoms with Crippen LogP contribution in [0.25, 0.3) is 0 Å². The lowest BCUT2D eigenvalue weighted by Gasteiger charge is -2.07. The minimum absolute atomic E-state index is 0.124. The Labute approximate surface area is 115 Å². The second kappa shape index (κ2) is 8.34. The van der Waals surface area contributed by atoms with Crippen molar-refractivity contribution in [3.63, 3.8) is 0 Å². The van der Waals surface area contributed by atoms with Gasteiger partial charge in [-0.25, -0.2) is 4.79 Å². The number of rotatable bonds is 8. The highest BCUT2D eigenvalue weighted by molar-refractivity contribution is 6.30. The molecule has 0 bridgehead atoms. The second-order valence-electron chi connectivity index (χ2n) is 3.54. The molecule has 7 heteroatoms. The summed E-state index contributed by atoms with van der Waals surface area (Å²) in [6.45, 7) is -0.132. The van der Waals surface area contributed by atoms with Gasteiger partial charge in [-0.1, -0.05) is 11.6 Å². The number of carbonyl (C=O) groups is 2. The average molecular weight is 288 g/mol. The number of hydrogen-bond acceptors (Lipinski definition) is 4. The van der Waals surface area contributed by atoms with Crippen molar-refractivity contribution in [2.75, 3.05) is 26.4 Å². The smallest absolute Gasteiger partial charge is 0.329 e. The molecule has 0 unspecified atom stereocenters. The maximum Gasteiger partial charge on any atom is 0.329 e. The molecule has 6 nitrogen and oxygen atoms in total. The summed E-state index contributed by atoms with van der Waals surface area (Å²) >= 11 is 5.70. The van der Waals surface area contributed by atoms with Crippen LogP contribution < -0.4 is 10.1 Å². The largest absolute Gasteiger partial charge is 0.484 e. The van der Waals surface area contributed by atoms with Crippen LogP contribution in [0.3, 0.4) is 0 Å². The van der Waals surface area contributed by atoms with Crippen molar-refractivity contribution >= 4 is 23.5 Å². The zero-order chi connectivity index (χ0) is 14.1. The molecule has 1 rings (SSSR count). The molecule has 0 atom stereocenters. The molecule has 0 spiro atoms. The van der Waals surface area contributed by atoms with E-state index in [0.29, 0.717) is 10.8 Å². The lowest BCUT2D eigenvalue weighted by atomic mass is 10.3. The van der Waals surface area contributed by atoms with Crippen LogP contribution in [0.4, 0.5) is 0 Å². The summed E-state index contributed by atoms with van der Waals surface area (Å²) in [6.07, 6.45) is 0. The molecule has 0 radical (unpaired) electrons. The van der Waals surface area contributed by atoms with Crippen molar-refractivity contribution in [1.29, 1.82) is 0 Å². The van der Waals surface area contributed by atoms with Gasteiger partial charge in [0.1, 0.15) is 12.4 Å². The minimum Gasteiger partial charge on any atom is -0.484 e. The molecule has 0 fully saturated rings. The number of nitrogens with one attached hydrogen (secondary N) is 1. The van der Waals surface area contributed by atoms with Crippen molar-refractivity contribution < 1.29 is 24.2 Å². The van der Waals surface area contributed by atoms with E-state index < -0.39 is 5.97 Å². The van der Waals surface area contributed by atoms with E-state index in [4.69, 9.17) is 26.2 Å². The first-order chi connectivity index (χ1) is 9.08. The maximum atomic E-state index is 11.3. The molecule has 0 aromatic heterocycles. The molecule has 104 valence electrons. The Hall–Kier alpha value is -1.79. The highest BCUT2D eigenvalue weighted by atomic mass is 35.5. The van der Waals surface area contributed by atoms with E-state index >= 15 is 0 Å². The fraction of sp³-hybridized carbons (Fsp3) is 0.333. The number of carboxylic acid groups (broad SMARTS) is 1. The van der Waals surface area contributed by atoms with Crippen LogP contribution in [0.15, 0.2) is 24.3 Å². The van der Waals surface area contributed by atoms with Crippen LogP contribution in [-0.4, -0.2) is 43.3 Å². The van der Waals surface area contributed by atoms with Gasteiger partial charge in [0, 0.05) is 11.6 Å². The first-order valence-electron chi connectivity index (χ1n) is 5.52. The Morgan fingerprint density at radius 2 is 1.89 bits per heavy atom. The molecule has 0 heterocycles. The van der Waals surface area contributed by atoms with Crippen LogP contribution in [0.5, 0.6) is 5.75 Å². The van der Waals surface area contributed by atoms with Gasteiger partial charge in [-0.15, -0.1) is 0 Å². The summed E-state index contributed by atoms with van der Waals surface area (Å²) in [7, 11) is 0. The standard InChI is InChI=1S/C12H14ClNO5/c13-9-1-3-10(4-2-9)19-7-11(15)14-5-6-18-8-12(16)17/h1-4H,5-8H2,(H,14,15)(H,16,17). The molecule has 1 amide bonds. The molecule has 0 saturated carbocycles. The van der Waals surface area contributed by atoms with Crippen LogP contribution in [-0.2, 0) is 14.3 Å². The number of hydrogen-bond donors (Lipinski definition) is 2. The number of ether oxygens (including phenoxy) is 2. The van der Waals surface area contributed by atoms with Crippen LogP contribution in [0.2, 0.25) is 5.02 Å². The number of carboxylic acids is 1. The van der Waals surface area contributed by atoms with Gasteiger partial charge in [0.15, 0.2) is 6.61 Å². The van der Waals surface area contributed by atoms with E-state index in [1.807, 2.05) is 0 Å². The summed E-state index contributed by atoms with van der Waals surface area (Å²) < 4.78 is 9.96. The van der Waals surface area contributed by atoms with Gasteiger partial charge in [-0.2, -0.15) is 0 Å². The summed E-state index contributed by atoms with van der Waals surface area (Å²) in [5.74, 6) is -0.812. The van der Waals surface area contributed by atoms with Gasteiger partial charge in [-0.05, 0) is 24.3 Å². The Morgan fingerprint density at radius 1 is 1.21 bits per heavy atom. The first kappa shape index (κ1) is 15.3. The molecule has 0 saturated heterocycles. The summed E-state index contributed by atoms with van der Waals surface area (Å²) in [5.41, 5.74) is 0.